The van der Waals surface area contributed by atoms with Crippen LogP contribution in [-0.2, 0) is 0 Å². The van der Waals surface area contributed by atoms with Crippen molar-refractivity contribution in [3.63, 3.8) is 0 Å². The van der Waals surface area contributed by atoms with Crippen molar-refractivity contribution < 1.29 is 10.2 Å². The number of hydrogen-bond donors (Lipinski definition) is 2. The first kappa shape index (κ1) is 15.3. The van der Waals surface area contributed by atoms with Gasteiger partial charge in [0.15, 0.2) is 0 Å². The van der Waals surface area contributed by atoms with Crippen molar-refractivity contribution in [2.45, 2.75) is 95.7 Å². The molecule has 2 fully saturated rings. The van der Waals surface area contributed by atoms with Crippen LogP contribution >= 0.6 is 0 Å². The standard InChI is InChI=1S/C17H32O2/c1-2-3-4-11-17(19)12-9-15(10-13-17)14-5-7-16(18)8-6-14/h14-16,18-19H,2-13H2,1H3. The topological polar surface area (TPSA) is 40.5 Å². The van der Waals surface area contributed by atoms with Gasteiger partial charge in [-0.2, -0.15) is 0 Å². The van der Waals surface area contributed by atoms with Crippen LogP contribution in [0.1, 0.15) is 84.0 Å². The third kappa shape index (κ3) is 4.46. The third-order valence-electron chi connectivity index (χ3n) is 5.61. The molecule has 2 aliphatic carbocycles. The first-order valence-corrected chi connectivity index (χ1v) is 8.53. The van der Waals surface area contributed by atoms with Crippen LogP contribution in [0, 0.1) is 11.8 Å². The van der Waals surface area contributed by atoms with E-state index >= 15 is 0 Å². The van der Waals surface area contributed by atoms with E-state index in [1.165, 1.54) is 44.9 Å². The monoisotopic (exact) mass is 268 g/mol. The second kappa shape index (κ2) is 7.08. The minimum atomic E-state index is -0.347. The molecule has 19 heavy (non-hydrogen) atoms. The first-order chi connectivity index (χ1) is 9.13. The summed E-state index contributed by atoms with van der Waals surface area (Å²) in [6, 6.07) is 0. The summed E-state index contributed by atoms with van der Waals surface area (Å²) in [5.41, 5.74) is -0.347. The van der Waals surface area contributed by atoms with Gasteiger partial charge in [0.05, 0.1) is 11.7 Å². The highest BCUT2D eigenvalue weighted by atomic mass is 16.3. The molecule has 0 aromatic carbocycles. The molecular formula is C17H32O2. The van der Waals surface area contributed by atoms with Crippen LogP contribution in [0.15, 0.2) is 0 Å². The van der Waals surface area contributed by atoms with E-state index in [2.05, 4.69) is 6.92 Å². The maximum absolute atomic E-state index is 10.6. The Balaban J connectivity index is 1.72. The fourth-order valence-electron chi connectivity index (χ4n) is 4.18. The fraction of sp³-hybridized carbons (Fsp3) is 1.00. The SMILES string of the molecule is CCCCCC1(O)CCC(C2CCC(O)CC2)CC1. The number of rotatable bonds is 5. The van der Waals surface area contributed by atoms with Gasteiger partial charge in [-0.3, -0.25) is 0 Å². The summed E-state index contributed by atoms with van der Waals surface area (Å²) < 4.78 is 0. The zero-order valence-corrected chi connectivity index (χ0v) is 12.6. The maximum atomic E-state index is 10.6. The summed E-state index contributed by atoms with van der Waals surface area (Å²) in [5.74, 6) is 1.64. The van der Waals surface area contributed by atoms with Crippen molar-refractivity contribution in [3.05, 3.63) is 0 Å². The van der Waals surface area contributed by atoms with Crippen molar-refractivity contribution in [2.24, 2.45) is 11.8 Å². The van der Waals surface area contributed by atoms with Gasteiger partial charge in [-0.05, 0) is 69.6 Å². The van der Waals surface area contributed by atoms with E-state index in [9.17, 15) is 10.2 Å². The molecule has 0 atom stereocenters. The van der Waals surface area contributed by atoms with E-state index in [0.717, 1.165) is 43.9 Å². The molecule has 112 valence electrons. The molecule has 2 heteroatoms. The average molecular weight is 268 g/mol. The Hall–Kier alpha value is -0.0800. The molecule has 0 amide bonds. The van der Waals surface area contributed by atoms with Crippen LogP contribution in [-0.4, -0.2) is 21.9 Å². The molecule has 2 rings (SSSR count). The van der Waals surface area contributed by atoms with Crippen molar-refractivity contribution in [1.82, 2.24) is 0 Å². The molecule has 0 aromatic rings. The number of aliphatic hydroxyl groups is 2. The normalized spacial score (nSPS) is 40.3. The molecule has 0 aliphatic heterocycles. The summed E-state index contributed by atoms with van der Waals surface area (Å²) >= 11 is 0. The highest BCUT2D eigenvalue weighted by Crippen LogP contribution is 2.42. The lowest BCUT2D eigenvalue weighted by Crippen LogP contribution is -2.36. The van der Waals surface area contributed by atoms with Gasteiger partial charge in [0.1, 0.15) is 0 Å². The summed E-state index contributed by atoms with van der Waals surface area (Å²) in [7, 11) is 0. The Morgan fingerprint density at radius 3 is 2.05 bits per heavy atom. The van der Waals surface area contributed by atoms with Gasteiger partial charge in [-0.1, -0.05) is 26.2 Å². The fourth-order valence-corrected chi connectivity index (χ4v) is 4.18. The summed E-state index contributed by atoms with van der Waals surface area (Å²) in [6.07, 6.45) is 13.5. The Bertz CT molecular complexity index is 248. The van der Waals surface area contributed by atoms with Crippen LogP contribution < -0.4 is 0 Å². The molecule has 0 radical (unpaired) electrons. The van der Waals surface area contributed by atoms with E-state index in [1.54, 1.807) is 0 Å². The van der Waals surface area contributed by atoms with Crippen LogP contribution in [0.25, 0.3) is 0 Å². The Morgan fingerprint density at radius 1 is 0.895 bits per heavy atom. The molecule has 0 heterocycles. The molecule has 2 aliphatic rings. The molecule has 0 spiro atoms. The Morgan fingerprint density at radius 2 is 1.47 bits per heavy atom. The third-order valence-corrected chi connectivity index (χ3v) is 5.61. The van der Waals surface area contributed by atoms with Gasteiger partial charge in [0.25, 0.3) is 0 Å². The first-order valence-electron chi connectivity index (χ1n) is 8.53. The lowest BCUT2D eigenvalue weighted by molar-refractivity contribution is -0.0316. The molecule has 2 saturated carbocycles. The van der Waals surface area contributed by atoms with E-state index in [-0.39, 0.29) is 11.7 Å². The largest absolute Gasteiger partial charge is 0.393 e. The van der Waals surface area contributed by atoms with E-state index in [1.807, 2.05) is 0 Å². The van der Waals surface area contributed by atoms with E-state index < -0.39 is 0 Å². The maximum Gasteiger partial charge on any atom is 0.0648 e. The molecule has 0 unspecified atom stereocenters. The average Bonchev–Trinajstić information content (AvgIpc) is 2.41. The molecule has 0 saturated heterocycles. The second-order valence-electron chi connectivity index (χ2n) is 7.09. The molecule has 2 N–H and O–H groups in total. The highest BCUT2D eigenvalue weighted by Gasteiger charge is 2.36. The van der Waals surface area contributed by atoms with Crippen molar-refractivity contribution in [2.75, 3.05) is 0 Å². The number of aliphatic hydroxyl groups excluding tert-OH is 1. The summed E-state index contributed by atoms with van der Waals surface area (Å²) in [5, 5.41) is 20.2. The van der Waals surface area contributed by atoms with Gasteiger partial charge in [0, 0.05) is 0 Å². The lowest BCUT2D eigenvalue weighted by Gasteiger charge is -2.41. The number of hydrogen-bond acceptors (Lipinski definition) is 2. The summed E-state index contributed by atoms with van der Waals surface area (Å²) in [4.78, 5) is 0. The van der Waals surface area contributed by atoms with Gasteiger partial charge < -0.3 is 10.2 Å². The molecule has 2 nitrogen and oxygen atoms in total. The lowest BCUT2D eigenvalue weighted by atomic mass is 9.68. The minimum Gasteiger partial charge on any atom is -0.393 e. The Labute approximate surface area is 118 Å². The highest BCUT2D eigenvalue weighted by molar-refractivity contribution is 4.88. The van der Waals surface area contributed by atoms with Gasteiger partial charge in [-0.15, -0.1) is 0 Å². The summed E-state index contributed by atoms with van der Waals surface area (Å²) in [6.45, 7) is 2.22. The molecule has 0 bridgehead atoms. The zero-order chi connectivity index (χ0) is 13.7. The zero-order valence-electron chi connectivity index (χ0n) is 12.6. The van der Waals surface area contributed by atoms with Crippen LogP contribution in [0.4, 0.5) is 0 Å². The van der Waals surface area contributed by atoms with Crippen LogP contribution in [0.5, 0.6) is 0 Å². The van der Waals surface area contributed by atoms with Crippen LogP contribution in [0.3, 0.4) is 0 Å². The minimum absolute atomic E-state index is 0.0363. The second-order valence-corrected chi connectivity index (χ2v) is 7.09. The van der Waals surface area contributed by atoms with Crippen molar-refractivity contribution in [3.8, 4) is 0 Å². The van der Waals surface area contributed by atoms with Gasteiger partial charge >= 0.3 is 0 Å². The smallest absolute Gasteiger partial charge is 0.0648 e. The predicted octanol–water partition coefficient (Wildman–Crippen LogP) is 4.04. The quantitative estimate of drug-likeness (QED) is 0.739. The molecular weight excluding hydrogens is 236 g/mol. The van der Waals surface area contributed by atoms with Crippen LogP contribution in [0.2, 0.25) is 0 Å². The van der Waals surface area contributed by atoms with Gasteiger partial charge in [-0.25, -0.2) is 0 Å². The molecule has 0 aromatic heterocycles. The predicted molar refractivity (Wildman–Crippen MR) is 79.0 cm³/mol. The van der Waals surface area contributed by atoms with Crippen molar-refractivity contribution >= 4 is 0 Å². The van der Waals surface area contributed by atoms with Gasteiger partial charge in [0.2, 0.25) is 0 Å². The Kier molecular flexibility index (Phi) is 5.70. The number of unbranched alkanes of at least 4 members (excludes halogenated alkanes) is 2. The van der Waals surface area contributed by atoms with Crippen molar-refractivity contribution in [1.29, 1.82) is 0 Å². The van der Waals surface area contributed by atoms with E-state index in [0.29, 0.717) is 0 Å². The van der Waals surface area contributed by atoms with E-state index in [4.69, 9.17) is 0 Å².